The Balaban J connectivity index is 3.01. The normalized spacial score (nSPS) is 19.2. The van der Waals surface area contributed by atoms with E-state index in [1.807, 2.05) is 0 Å². The van der Waals surface area contributed by atoms with E-state index in [1.54, 1.807) is 0 Å². The number of carbonyl (C=O) groups is 2. The first-order valence-corrected chi connectivity index (χ1v) is 2.50. The van der Waals surface area contributed by atoms with Gasteiger partial charge in [-0.3, -0.25) is 4.79 Å². The smallest absolute Gasteiger partial charge is 0.362 e. The van der Waals surface area contributed by atoms with Gasteiger partial charge in [0, 0.05) is 12.4 Å². The quantitative estimate of drug-likeness (QED) is 0.399. The molecule has 0 saturated carbocycles. The Morgan fingerprint density at radius 2 is 2.00 bits per heavy atom. The van der Waals surface area contributed by atoms with Crippen molar-refractivity contribution in [3.63, 3.8) is 0 Å². The fourth-order valence-electron chi connectivity index (χ4n) is 0.549. The van der Waals surface area contributed by atoms with Crippen LogP contribution in [0.5, 0.6) is 0 Å². The molecule has 1 aliphatic rings. The van der Waals surface area contributed by atoms with Crippen LogP contribution in [0, 0.1) is 0 Å². The third-order valence-corrected chi connectivity index (χ3v) is 1.09. The van der Waals surface area contributed by atoms with Crippen molar-refractivity contribution < 1.29 is 14.7 Å². The van der Waals surface area contributed by atoms with Crippen molar-refractivity contribution in [2.24, 2.45) is 9.98 Å². The molecular weight excluding hydrogens is 136 g/mol. The van der Waals surface area contributed by atoms with Gasteiger partial charge in [-0.25, -0.2) is 14.8 Å². The highest BCUT2D eigenvalue weighted by Gasteiger charge is 2.38. The van der Waals surface area contributed by atoms with Gasteiger partial charge in [0.05, 0.1) is 0 Å². The van der Waals surface area contributed by atoms with E-state index in [-0.39, 0.29) is 6.29 Å². The number of aliphatic carboxylic acids is 1. The minimum absolute atomic E-state index is 0.190. The molecule has 0 aromatic carbocycles. The summed E-state index contributed by atoms with van der Waals surface area (Å²) in [5, 5.41) is 8.41. The predicted octanol–water partition coefficient (Wildman–Crippen LogP) is -0.879. The summed E-state index contributed by atoms with van der Waals surface area (Å²) in [5.41, 5.74) is -1.89. The highest BCUT2D eigenvalue weighted by atomic mass is 16.4. The van der Waals surface area contributed by atoms with Crippen molar-refractivity contribution in [3.8, 4) is 0 Å². The van der Waals surface area contributed by atoms with Crippen molar-refractivity contribution in [2.45, 2.75) is 5.66 Å². The molecule has 0 atom stereocenters. The lowest BCUT2D eigenvalue weighted by Gasteiger charge is -2.06. The maximum absolute atomic E-state index is 10.3. The highest BCUT2D eigenvalue weighted by Crippen LogP contribution is 2.11. The molecule has 0 aromatic rings. The van der Waals surface area contributed by atoms with Gasteiger partial charge in [0.2, 0.25) is 0 Å². The van der Waals surface area contributed by atoms with E-state index in [0.29, 0.717) is 0 Å². The number of carboxylic acid groups (broad SMARTS) is 1. The SMILES string of the molecule is O=CC1(C(=O)O)N=CC=N1. The van der Waals surface area contributed by atoms with Crippen LogP contribution < -0.4 is 0 Å². The lowest BCUT2D eigenvalue weighted by molar-refractivity contribution is -0.144. The van der Waals surface area contributed by atoms with Gasteiger partial charge in [-0.05, 0) is 0 Å². The van der Waals surface area contributed by atoms with Gasteiger partial charge < -0.3 is 5.11 Å². The monoisotopic (exact) mass is 140 g/mol. The number of aliphatic imine (C=N–C) groups is 2. The number of carboxylic acids is 1. The van der Waals surface area contributed by atoms with Crippen LogP contribution in [0.4, 0.5) is 0 Å². The van der Waals surface area contributed by atoms with Crippen LogP contribution in [-0.2, 0) is 9.59 Å². The Morgan fingerprint density at radius 3 is 2.20 bits per heavy atom. The Bertz CT molecular complexity index is 219. The number of nitrogens with zero attached hydrogens (tertiary/aromatic N) is 2. The molecule has 0 saturated heterocycles. The largest absolute Gasteiger partial charge is 0.478 e. The molecule has 0 bridgehead atoms. The minimum atomic E-state index is -1.89. The second kappa shape index (κ2) is 2.02. The summed E-state index contributed by atoms with van der Waals surface area (Å²) in [6.45, 7) is 0. The summed E-state index contributed by atoms with van der Waals surface area (Å²) < 4.78 is 0. The maximum atomic E-state index is 10.3. The Hall–Kier alpha value is -1.52. The first-order chi connectivity index (χ1) is 4.71. The molecule has 1 aliphatic heterocycles. The van der Waals surface area contributed by atoms with Crippen molar-refractivity contribution in [3.05, 3.63) is 0 Å². The molecule has 0 amide bonds. The van der Waals surface area contributed by atoms with Crippen molar-refractivity contribution >= 4 is 24.7 Å². The van der Waals surface area contributed by atoms with Gasteiger partial charge in [-0.1, -0.05) is 0 Å². The van der Waals surface area contributed by atoms with Crippen LogP contribution in [0.2, 0.25) is 0 Å². The highest BCUT2D eigenvalue weighted by molar-refractivity contribution is 6.21. The average Bonchev–Trinajstić information content (AvgIpc) is 2.35. The summed E-state index contributed by atoms with van der Waals surface area (Å²) in [4.78, 5) is 27.2. The van der Waals surface area contributed by atoms with Crippen LogP contribution >= 0.6 is 0 Å². The second-order valence-corrected chi connectivity index (χ2v) is 1.71. The molecule has 0 aromatic heterocycles. The van der Waals surface area contributed by atoms with Crippen LogP contribution in [0.25, 0.3) is 0 Å². The molecule has 10 heavy (non-hydrogen) atoms. The van der Waals surface area contributed by atoms with E-state index >= 15 is 0 Å². The van der Waals surface area contributed by atoms with Crippen LogP contribution in [0.15, 0.2) is 9.98 Å². The van der Waals surface area contributed by atoms with E-state index in [9.17, 15) is 9.59 Å². The zero-order valence-electron chi connectivity index (χ0n) is 4.89. The van der Waals surface area contributed by atoms with Gasteiger partial charge in [-0.15, -0.1) is 0 Å². The number of hydrogen-bond acceptors (Lipinski definition) is 4. The number of hydrogen-bond donors (Lipinski definition) is 1. The molecule has 5 heteroatoms. The zero-order chi connectivity index (χ0) is 7.61. The summed E-state index contributed by atoms with van der Waals surface area (Å²) >= 11 is 0. The molecule has 52 valence electrons. The Kier molecular flexibility index (Phi) is 1.33. The van der Waals surface area contributed by atoms with Crippen molar-refractivity contribution in [1.29, 1.82) is 0 Å². The van der Waals surface area contributed by atoms with E-state index in [2.05, 4.69) is 9.98 Å². The lowest BCUT2D eigenvalue weighted by Crippen LogP contribution is -2.34. The minimum Gasteiger partial charge on any atom is -0.478 e. The molecule has 0 unspecified atom stereocenters. The van der Waals surface area contributed by atoms with E-state index in [0.717, 1.165) is 0 Å². The van der Waals surface area contributed by atoms with Crippen molar-refractivity contribution in [2.75, 3.05) is 0 Å². The fourth-order valence-corrected chi connectivity index (χ4v) is 0.549. The molecular formula is C5H4N2O3. The predicted molar refractivity (Wildman–Crippen MR) is 33.4 cm³/mol. The number of aldehydes is 1. The average molecular weight is 140 g/mol. The summed E-state index contributed by atoms with van der Waals surface area (Å²) in [7, 11) is 0. The summed E-state index contributed by atoms with van der Waals surface area (Å²) in [5.74, 6) is -1.35. The summed E-state index contributed by atoms with van der Waals surface area (Å²) in [6, 6.07) is 0. The Labute approximate surface area is 56.1 Å². The molecule has 1 heterocycles. The molecule has 1 rings (SSSR count). The molecule has 0 spiro atoms. The van der Waals surface area contributed by atoms with Gasteiger partial charge >= 0.3 is 11.6 Å². The van der Waals surface area contributed by atoms with Gasteiger partial charge in [0.25, 0.3) is 0 Å². The fraction of sp³-hybridized carbons (Fsp3) is 0.200. The molecule has 0 fully saturated rings. The van der Waals surface area contributed by atoms with Gasteiger partial charge in [-0.2, -0.15) is 0 Å². The van der Waals surface area contributed by atoms with Gasteiger partial charge in [0.1, 0.15) is 0 Å². The van der Waals surface area contributed by atoms with Crippen LogP contribution in [0.3, 0.4) is 0 Å². The molecule has 1 N–H and O–H groups in total. The molecule has 0 radical (unpaired) electrons. The first kappa shape index (κ1) is 6.60. The van der Waals surface area contributed by atoms with E-state index < -0.39 is 11.6 Å². The maximum Gasteiger partial charge on any atom is 0.362 e. The van der Waals surface area contributed by atoms with E-state index in [4.69, 9.17) is 5.11 Å². The number of rotatable bonds is 2. The molecule has 0 aliphatic carbocycles. The topological polar surface area (TPSA) is 79.1 Å². The molecule has 5 nitrogen and oxygen atoms in total. The van der Waals surface area contributed by atoms with Crippen LogP contribution in [-0.4, -0.2) is 35.5 Å². The number of carbonyl (C=O) groups excluding carboxylic acids is 1. The second-order valence-electron chi connectivity index (χ2n) is 1.71. The van der Waals surface area contributed by atoms with Crippen LogP contribution in [0.1, 0.15) is 0 Å². The van der Waals surface area contributed by atoms with E-state index in [1.165, 1.54) is 12.4 Å². The Morgan fingerprint density at radius 1 is 1.50 bits per heavy atom. The lowest BCUT2D eigenvalue weighted by atomic mass is 10.2. The standard InChI is InChI=1S/C5H4N2O3/c8-3-5(4(9)10)6-1-2-7-5/h1-3H,(H,9,10). The first-order valence-electron chi connectivity index (χ1n) is 2.50. The van der Waals surface area contributed by atoms with Crippen molar-refractivity contribution in [1.82, 2.24) is 0 Å². The summed E-state index contributed by atoms with van der Waals surface area (Å²) in [6.07, 6.45) is 2.56. The third-order valence-electron chi connectivity index (χ3n) is 1.09. The third kappa shape index (κ3) is 0.717. The van der Waals surface area contributed by atoms with Gasteiger partial charge in [0.15, 0.2) is 6.29 Å². The zero-order valence-corrected chi connectivity index (χ0v) is 4.89.